The summed E-state index contributed by atoms with van der Waals surface area (Å²) in [5.41, 5.74) is 1.04. The van der Waals surface area contributed by atoms with E-state index >= 15 is 0 Å². The van der Waals surface area contributed by atoms with Crippen LogP contribution in [0.15, 0.2) is 24.3 Å². The van der Waals surface area contributed by atoms with Crippen LogP contribution in [-0.4, -0.2) is 44.6 Å². The first-order valence-corrected chi connectivity index (χ1v) is 7.19. The van der Waals surface area contributed by atoms with Gasteiger partial charge in [0.1, 0.15) is 0 Å². The molecule has 114 valence electrons. The maximum absolute atomic E-state index is 9.77. The number of hydrogen-bond donors (Lipinski definition) is 2. The molecule has 20 heavy (non-hydrogen) atoms. The number of halogens is 1. The third kappa shape index (κ3) is 7.82. The van der Waals surface area contributed by atoms with Crippen LogP contribution >= 0.6 is 11.6 Å². The van der Waals surface area contributed by atoms with E-state index in [4.69, 9.17) is 21.1 Å². The maximum atomic E-state index is 9.77. The average Bonchev–Trinajstić information content (AvgIpc) is 2.41. The summed E-state index contributed by atoms with van der Waals surface area (Å²) in [6.07, 6.45) is -0.503. The zero-order valence-corrected chi connectivity index (χ0v) is 12.9. The normalized spacial score (nSPS) is 14.2. The van der Waals surface area contributed by atoms with E-state index in [9.17, 15) is 5.11 Å². The summed E-state index contributed by atoms with van der Waals surface area (Å²) in [5.74, 6) is 0.433. The standard InChI is InChI=1S/C15H24ClNO3/c1-12(9-19-2)7-17-8-15(18)11-20-10-13-3-5-14(16)6-4-13/h3-6,12,15,17-18H,7-11H2,1-2H3. The Kier molecular flexibility index (Phi) is 8.82. The van der Waals surface area contributed by atoms with Gasteiger partial charge in [-0.05, 0) is 30.2 Å². The number of nitrogens with one attached hydrogen (secondary N) is 1. The van der Waals surface area contributed by atoms with Crippen molar-refractivity contribution in [3.8, 4) is 0 Å². The van der Waals surface area contributed by atoms with E-state index in [1.807, 2.05) is 24.3 Å². The molecular formula is C15H24ClNO3. The zero-order valence-electron chi connectivity index (χ0n) is 12.1. The maximum Gasteiger partial charge on any atom is 0.0897 e. The molecule has 0 saturated heterocycles. The topological polar surface area (TPSA) is 50.7 Å². The summed E-state index contributed by atoms with van der Waals surface area (Å²) >= 11 is 5.80. The third-order valence-electron chi connectivity index (χ3n) is 2.82. The summed E-state index contributed by atoms with van der Waals surface area (Å²) in [6, 6.07) is 7.49. The lowest BCUT2D eigenvalue weighted by molar-refractivity contribution is 0.0281. The molecule has 0 aliphatic heterocycles. The fourth-order valence-corrected chi connectivity index (χ4v) is 1.92. The summed E-state index contributed by atoms with van der Waals surface area (Å²) in [6.45, 7) is 4.95. The zero-order chi connectivity index (χ0) is 14.8. The third-order valence-corrected chi connectivity index (χ3v) is 3.07. The van der Waals surface area contributed by atoms with Gasteiger partial charge in [0.05, 0.1) is 19.3 Å². The van der Waals surface area contributed by atoms with Crippen LogP contribution in [-0.2, 0) is 16.1 Å². The van der Waals surface area contributed by atoms with Gasteiger partial charge in [0, 0.05) is 25.3 Å². The molecule has 2 atom stereocenters. The molecule has 0 amide bonds. The fourth-order valence-electron chi connectivity index (χ4n) is 1.79. The van der Waals surface area contributed by atoms with Gasteiger partial charge in [0.25, 0.3) is 0 Å². The molecule has 1 aromatic carbocycles. The molecule has 2 unspecified atom stereocenters. The van der Waals surface area contributed by atoms with Crippen LogP contribution < -0.4 is 5.32 Å². The smallest absolute Gasteiger partial charge is 0.0897 e. The molecule has 0 radical (unpaired) electrons. The van der Waals surface area contributed by atoms with E-state index in [-0.39, 0.29) is 0 Å². The molecule has 0 heterocycles. The molecule has 1 rings (SSSR count). The number of aliphatic hydroxyl groups is 1. The predicted octanol–water partition coefficient (Wildman–Crippen LogP) is 2.09. The Morgan fingerprint density at radius 1 is 1.20 bits per heavy atom. The number of benzene rings is 1. The number of rotatable bonds is 10. The van der Waals surface area contributed by atoms with E-state index in [1.165, 1.54) is 0 Å². The minimum Gasteiger partial charge on any atom is -0.389 e. The van der Waals surface area contributed by atoms with Crippen LogP contribution in [0.5, 0.6) is 0 Å². The number of hydrogen-bond acceptors (Lipinski definition) is 4. The van der Waals surface area contributed by atoms with Crippen molar-refractivity contribution in [2.45, 2.75) is 19.6 Å². The van der Waals surface area contributed by atoms with Crippen molar-refractivity contribution in [3.63, 3.8) is 0 Å². The van der Waals surface area contributed by atoms with Gasteiger partial charge in [0.15, 0.2) is 0 Å². The van der Waals surface area contributed by atoms with E-state index in [2.05, 4.69) is 12.2 Å². The summed E-state index contributed by atoms with van der Waals surface area (Å²) in [5, 5.41) is 13.7. The van der Waals surface area contributed by atoms with Gasteiger partial charge in [-0.25, -0.2) is 0 Å². The molecular weight excluding hydrogens is 278 g/mol. The lowest BCUT2D eigenvalue weighted by Gasteiger charge is -2.15. The van der Waals surface area contributed by atoms with Crippen LogP contribution in [0.2, 0.25) is 5.02 Å². The highest BCUT2D eigenvalue weighted by Gasteiger charge is 2.06. The highest BCUT2D eigenvalue weighted by Crippen LogP contribution is 2.10. The van der Waals surface area contributed by atoms with Crippen molar-refractivity contribution in [1.82, 2.24) is 5.32 Å². The van der Waals surface area contributed by atoms with Crippen LogP contribution in [0.3, 0.4) is 0 Å². The van der Waals surface area contributed by atoms with Gasteiger partial charge in [0.2, 0.25) is 0 Å². The molecule has 4 nitrogen and oxygen atoms in total. The van der Waals surface area contributed by atoms with Crippen LogP contribution in [0.1, 0.15) is 12.5 Å². The van der Waals surface area contributed by atoms with Crippen molar-refractivity contribution in [2.75, 3.05) is 33.4 Å². The van der Waals surface area contributed by atoms with Crippen LogP contribution in [0.4, 0.5) is 0 Å². The number of aliphatic hydroxyl groups excluding tert-OH is 1. The van der Waals surface area contributed by atoms with E-state index in [0.717, 1.165) is 18.7 Å². The van der Waals surface area contributed by atoms with E-state index < -0.39 is 6.10 Å². The van der Waals surface area contributed by atoms with Crippen molar-refractivity contribution < 1.29 is 14.6 Å². The highest BCUT2D eigenvalue weighted by atomic mass is 35.5. The molecule has 0 aliphatic rings. The van der Waals surface area contributed by atoms with Gasteiger partial charge in [-0.2, -0.15) is 0 Å². The van der Waals surface area contributed by atoms with Crippen molar-refractivity contribution >= 4 is 11.6 Å². The Morgan fingerprint density at radius 2 is 1.90 bits per heavy atom. The molecule has 0 aromatic heterocycles. The highest BCUT2D eigenvalue weighted by molar-refractivity contribution is 6.30. The van der Waals surface area contributed by atoms with Crippen LogP contribution in [0, 0.1) is 5.92 Å². The minimum absolute atomic E-state index is 0.314. The van der Waals surface area contributed by atoms with Crippen LogP contribution in [0.25, 0.3) is 0 Å². The quantitative estimate of drug-likeness (QED) is 0.695. The first-order valence-electron chi connectivity index (χ1n) is 6.81. The number of methoxy groups -OCH3 is 1. The first-order chi connectivity index (χ1) is 9.61. The van der Waals surface area contributed by atoms with E-state index in [1.54, 1.807) is 7.11 Å². The lowest BCUT2D eigenvalue weighted by atomic mass is 10.2. The SMILES string of the molecule is COCC(C)CNCC(O)COCc1ccc(Cl)cc1. The number of ether oxygens (including phenoxy) is 2. The van der Waals surface area contributed by atoms with Gasteiger partial charge in [-0.1, -0.05) is 30.7 Å². The molecule has 0 bridgehead atoms. The van der Waals surface area contributed by atoms with Gasteiger partial charge >= 0.3 is 0 Å². The Morgan fingerprint density at radius 3 is 2.55 bits per heavy atom. The van der Waals surface area contributed by atoms with Gasteiger partial charge in [-0.3, -0.25) is 0 Å². The Hall–Kier alpha value is -0.650. The Balaban J connectivity index is 2.08. The Bertz CT molecular complexity index is 359. The molecule has 0 aliphatic carbocycles. The molecule has 0 saturated carbocycles. The Labute approximate surface area is 126 Å². The minimum atomic E-state index is -0.503. The lowest BCUT2D eigenvalue weighted by Crippen LogP contribution is -2.33. The monoisotopic (exact) mass is 301 g/mol. The second kappa shape index (κ2) is 10.1. The van der Waals surface area contributed by atoms with Crippen molar-refractivity contribution in [1.29, 1.82) is 0 Å². The molecule has 5 heteroatoms. The first kappa shape index (κ1) is 17.4. The fraction of sp³-hybridized carbons (Fsp3) is 0.600. The largest absolute Gasteiger partial charge is 0.389 e. The van der Waals surface area contributed by atoms with Gasteiger partial charge in [-0.15, -0.1) is 0 Å². The predicted molar refractivity (Wildman–Crippen MR) is 81.0 cm³/mol. The summed E-state index contributed by atoms with van der Waals surface area (Å²) < 4.78 is 10.5. The van der Waals surface area contributed by atoms with Crippen molar-refractivity contribution in [3.05, 3.63) is 34.9 Å². The molecule has 0 spiro atoms. The average molecular weight is 302 g/mol. The summed E-state index contributed by atoms with van der Waals surface area (Å²) in [4.78, 5) is 0. The molecule has 1 aromatic rings. The van der Waals surface area contributed by atoms with Crippen molar-refractivity contribution in [2.24, 2.45) is 5.92 Å². The van der Waals surface area contributed by atoms with Gasteiger partial charge < -0.3 is 19.9 Å². The second-order valence-corrected chi connectivity index (χ2v) is 5.45. The van der Waals surface area contributed by atoms with E-state index in [0.29, 0.717) is 30.7 Å². The summed E-state index contributed by atoms with van der Waals surface area (Å²) in [7, 11) is 1.69. The molecule has 2 N–H and O–H groups in total. The second-order valence-electron chi connectivity index (χ2n) is 5.01. The molecule has 0 fully saturated rings.